The van der Waals surface area contributed by atoms with Crippen molar-refractivity contribution in [3.8, 4) is 24.7 Å². The Bertz CT molecular complexity index is 303. The lowest BCUT2D eigenvalue weighted by Crippen LogP contribution is -2.50. The highest BCUT2D eigenvalue weighted by Crippen LogP contribution is 2.64. The molecule has 0 atom stereocenters. The molecule has 0 aliphatic heterocycles. The van der Waals surface area contributed by atoms with Crippen molar-refractivity contribution in [1.82, 2.24) is 0 Å². The molecule has 4 aliphatic carbocycles. The third-order valence-corrected chi connectivity index (χ3v) is 4.67. The van der Waals surface area contributed by atoms with Crippen molar-refractivity contribution in [3.05, 3.63) is 0 Å². The zero-order chi connectivity index (χ0) is 9.81. The normalized spacial score (nSPS) is 53.9. The maximum absolute atomic E-state index is 5.72. The fraction of sp³-hybridized carbons (Fsp3) is 0.714. The van der Waals surface area contributed by atoms with Gasteiger partial charge in [-0.2, -0.15) is 0 Å². The Labute approximate surface area is 86.5 Å². The van der Waals surface area contributed by atoms with Gasteiger partial charge in [-0.1, -0.05) is 11.8 Å². The first-order valence-corrected chi connectivity index (χ1v) is 5.65. The van der Waals surface area contributed by atoms with Crippen molar-refractivity contribution in [2.45, 2.75) is 38.5 Å². The van der Waals surface area contributed by atoms with Crippen molar-refractivity contribution >= 4 is 0 Å². The largest absolute Gasteiger partial charge is 0.120 e. The lowest BCUT2D eigenvalue weighted by molar-refractivity contribution is -0.0522. The monoisotopic (exact) mass is 184 g/mol. The molecule has 4 aliphatic rings. The van der Waals surface area contributed by atoms with Gasteiger partial charge < -0.3 is 0 Å². The Kier molecular flexibility index (Phi) is 1.43. The van der Waals surface area contributed by atoms with Gasteiger partial charge in [0.15, 0.2) is 0 Å². The highest BCUT2D eigenvalue weighted by atomic mass is 14.6. The van der Waals surface area contributed by atoms with Crippen LogP contribution in [0.25, 0.3) is 0 Å². The summed E-state index contributed by atoms with van der Waals surface area (Å²) in [4.78, 5) is 0. The molecular weight excluding hydrogens is 168 g/mol. The SMILES string of the molecule is C#CC12CC3CC(C1)CC(C#C)(C3)C2. The molecule has 0 nitrogen and oxygen atoms in total. The zero-order valence-electron chi connectivity index (χ0n) is 8.55. The lowest BCUT2D eigenvalue weighted by Gasteiger charge is -2.58. The maximum atomic E-state index is 5.72. The minimum Gasteiger partial charge on any atom is -0.120 e. The summed E-state index contributed by atoms with van der Waals surface area (Å²) in [5.74, 6) is 7.82. The van der Waals surface area contributed by atoms with E-state index in [2.05, 4.69) is 11.8 Å². The molecule has 4 fully saturated rings. The summed E-state index contributed by atoms with van der Waals surface area (Å²) >= 11 is 0. The molecule has 4 rings (SSSR count). The van der Waals surface area contributed by atoms with Crippen LogP contribution in [0.15, 0.2) is 0 Å². The highest BCUT2D eigenvalue weighted by Gasteiger charge is 2.56. The van der Waals surface area contributed by atoms with Crippen molar-refractivity contribution < 1.29 is 0 Å². The quantitative estimate of drug-likeness (QED) is 0.508. The second kappa shape index (κ2) is 2.38. The van der Waals surface area contributed by atoms with E-state index in [0.717, 1.165) is 18.3 Å². The van der Waals surface area contributed by atoms with Gasteiger partial charge in [-0.15, -0.1) is 12.8 Å². The first-order chi connectivity index (χ1) is 6.69. The van der Waals surface area contributed by atoms with Crippen LogP contribution >= 0.6 is 0 Å². The van der Waals surface area contributed by atoms with Crippen LogP contribution in [0.3, 0.4) is 0 Å². The van der Waals surface area contributed by atoms with Crippen LogP contribution in [-0.4, -0.2) is 0 Å². The van der Waals surface area contributed by atoms with Gasteiger partial charge >= 0.3 is 0 Å². The molecule has 0 spiro atoms. The van der Waals surface area contributed by atoms with Crippen LogP contribution in [0.5, 0.6) is 0 Å². The Morgan fingerprint density at radius 3 is 1.64 bits per heavy atom. The van der Waals surface area contributed by atoms with E-state index in [-0.39, 0.29) is 10.8 Å². The van der Waals surface area contributed by atoms with E-state index in [9.17, 15) is 0 Å². The molecule has 0 amide bonds. The van der Waals surface area contributed by atoms with Crippen molar-refractivity contribution in [1.29, 1.82) is 0 Å². The summed E-state index contributed by atoms with van der Waals surface area (Å²) < 4.78 is 0. The van der Waals surface area contributed by atoms with Crippen LogP contribution < -0.4 is 0 Å². The molecule has 0 heterocycles. The summed E-state index contributed by atoms with van der Waals surface area (Å²) in [6, 6.07) is 0. The van der Waals surface area contributed by atoms with Crippen LogP contribution in [0.1, 0.15) is 38.5 Å². The van der Waals surface area contributed by atoms with Crippen LogP contribution in [-0.2, 0) is 0 Å². The van der Waals surface area contributed by atoms with Gasteiger partial charge in [0.05, 0.1) is 0 Å². The molecule has 0 N–H and O–H groups in total. The van der Waals surface area contributed by atoms with E-state index in [4.69, 9.17) is 12.8 Å². The first kappa shape index (κ1) is 8.43. The van der Waals surface area contributed by atoms with E-state index in [1.165, 1.54) is 32.1 Å². The summed E-state index contributed by atoms with van der Waals surface area (Å²) in [6.07, 6.45) is 19.0. The molecular formula is C14H16. The Balaban J connectivity index is 2.04. The van der Waals surface area contributed by atoms with E-state index >= 15 is 0 Å². The standard InChI is InChI=1S/C14H16/c1-3-13-6-11-5-12(7-13)9-14(4-2,8-11)10-13/h1-2,11-12H,5-10H2. The molecule has 0 aromatic rings. The second-order valence-corrected chi connectivity index (χ2v) is 5.81. The molecule has 0 unspecified atom stereocenters. The predicted octanol–water partition coefficient (Wildman–Crippen LogP) is 2.84. The summed E-state index contributed by atoms with van der Waals surface area (Å²) in [5, 5.41) is 0. The van der Waals surface area contributed by atoms with Gasteiger partial charge in [0.25, 0.3) is 0 Å². The van der Waals surface area contributed by atoms with E-state index in [1.54, 1.807) is 0 Å². The van der Waals surface area contributed by atoms with Crippen molar-refractivity contribution in [2.75, 3.05) is 0 Å². The predicted molar refractivity (Wildman–Crippen MR) is 57.2 cm³/mol. The fourth-order valence-electron chi connectivity index (χ4n) is 4.60. The molecule has 4 bridgehead atoms. The molecule has 14 heavy (non-hydrogen) atoms. The minimum atomic E-state index is 0.191. The summed E-state index contributed by atoms with van der Waals surface area (Å²) in [6.45, 7) is 0. The molecule has 4 saturated carbocycles. The molecule has 0 heteroatoms. The number of rotatable bonds is 0. The summed E-state index contributed by atoms with van der Waals surface area (Å²) in [7, 11) is 0. The van der Waals surface area contributed by atoms with Crippen LogP contribution in [0, 0.1) is 47.4 Å². The van der Waals surface area contributed by atoms with Gasteiger partial charge in [-0.25, -0.2) is 0 Å². The van der Waals surface area contributed by atoms with E-state index < -0.39 is 0 Å². The number of terminal acetylenes is 2. The Morgan fingerprint density at radius 1 is 0.857 bits per heavy atom. The van der Waals surface area contributed by atoms with Gasteiger partial charge in [0.1, 0.15) is 0 Å². The highest BCUT2D eigenvalue weighted by molar-refractivity contribution is 5.24. The third kappa shape index (κ3) is 0.923. The smallest absolute Gasteiger partial charge is 0.0331 e. The van der Waals surface area contributed by atoms with Gasteiger partial charge in [0.2, 0.25) is 0 Å². The number of hydrogen-bond acceptors (Lipinski definition) is 0. The van der Waals surface area contributed by atoms with E-state index in [0.29, 0.717) is 0 Å². The molecule has 0 radical (unpaired) electrons. The summed E-state index contributed by atoms with van der Waals surface area (Å²) in [5.41, 5.74) is 0.382. The van der Waals surface area contributed by atoms with Crippen molar-refractivity contribution in [3.63, 3.8) is 0 Å². The second-order valence-electron chi connectivity index (χ2n) is 5.81. The Morgan fingerprint density at radius 2 is 1.29 bits per heavy atom. The van der Waals surface area contributed by atoms with E-state index in [1.807, 2.05) is 0 Å². The molecule has 72 valence electrons. The van der Waals surface area contributed by atoms with Crippen molar-refractivity contribution in [2.24, 2.45) is 22.7 Å². The topological polar surface area (TPSA) is 0 Å². The van der Waals surface area contributed by atoms with Crippen LogP contribution in [0.2, 0.25) is 0 Å². The molecule has 0 saturated heterocycles. The van der Waals surface area contributed by atoms with Gasteiger partial charge in [-0.05, 0) is 50.4 Å². The lowest BCUT2D eigenvalue weighted by atomic mass is 9.44. The van der Waals surface area contributed by atoms with Gasteiger partial charge in [-0.3, -0.25) is 0 Å². The third-order valence-electron chi connectivity index (χ3n) is 4.67. The number of hydrogen-bond donors (Lipinski definition) is 0. The fourth-order valence-corrected chi connectivity index (χ4v) is 4.60. The van der Waals surface area contributed by atoms with Crippen LogP contribution in [0.4, 0.5) is 0 Å². The first-order valence-electron chi connectivity index (χ1n) is 5.65. The maximum Gasteiger partial charge on any atom is 0.0331 e. The average molecular weight is 184 g/mol. The Hall–Kier alpha value is -0.880. The van der Waals surface area contributed by atoms with Gasteiger partial charge in [0, 0.05) is 10.8 Å². The minimum absolute atomic E-state index is 0.191. The molecule has 0 aromatic carbocycles. The molecule has 0 aromatic heterocycles. The zero-order valence-corrected chi connectivity index (χ0v) is 8.55. The average Bonchev–Trinajstić information content (AvgIpc) is 2.16.